The van der Waals surface area contributed by atoms with Gasteiger partial charge in [-0.3, -0.25) is 9.13 Å². The predicted octanol–water partition coefficient (Wildman–Crippen LogP) is 10.2. The van der Waals surface area contributed by atoms with Crippen LogP contribution in [0.2, 0.25) is 0 Å². The summed E-state index contributed by atoms with van der Waals surface area (Å²) in [5, 5.41) is 12.9. The number of rotatable bonds is 8. The smallest absolute Gasteiger partial charge is 0.181 e. The second kappa shape index (κ2) is 13.1. The molecule has 0 N–H and O–H groups in total. The van der Waals surface area contributed by atoms with Gasteiger partial charge in [-0.2, -0.15) is 5.10 Å². The summed E-state index contributed by atoms with van der Waals surface area (Å²) in [6.07, 6.45) is 6.79. The summed E-state index contributed by atoms with van der Waals surface area (Å²) in [5.41, 5.74) is 5.51. The summed E-state index contributed by atoms with van der Waals surface area (Å²) >= 11 is 0. The Labute approximate surface area is 315 Å². The van der Waals surface area contributed by atoms with Gasteiger partial charge in [0.15, 0.2) is 17.3 Å². The van der Waals surface area contributed by atoms with Crippen LogP contribution in [0.15, 0.2) is 158 Å². The Morgan fingerprint density at radius 1 is 0.473 bits per heavy atom. The van der Waals surface area contributed by atoms with Crippen molar-refractivity contribution in [2.75, 3.05) is 19.0 Å². The van der Waals surface area contributed by atoms with Crippen LogP contribution in [0.3, 0.4) is 0 Å². The number of hydrogen-bond acceptors (Lipinski definition) is 8. The summed E-state index contributed by atoms with van der Waals surface area (Å²) in [6, 6.07) is 44.7. The van der Waals surface area contributed by atoms with Crippen LogP contribution in [0.25, 0.3) is 66.6 Å². The van der Waals surface area contributed by atoms with Crippen LogP contribution < -0.4 is 14.4 Å². The molecule has 0 fully saturated rings. The van der Waals surface area contributed by atoms with Crippen molar-refractivity contribution in [3.05, 3.63) is 158 Å². The van der Waals surface area contributed by atoms with E-state index in [2.05, 4.69) is 85.0 Å². The molecule has 0 spiro atoms. The number of ether oxygens (including phenoxy) is 2. The fourth-order valence-corrected chi connectivity index (χ4v) is 7.43. The first kappa shape index (κ1) is 32.1. The van der Waals surface area contributed by atoms with Gasteiger partial charge in [0, 0.05) is 71.9 Å². The number of anilines is 1. The number of nitrogens with zero attached hydrogens (tertiary/aromatic N) is 8. The van der Waals surface area contributed by atoms with Crippen LogP contribution >= 0.6 is 0 Å². The number of benzene rings is 5. The SMILES string of the molecule is CN(C)c1c(Oc2ccc3c4ccccc4n(-c4ccccn4)c3c2)cc(-c2nccnn2)cc1Oc1ccc2c3ccccc3n(-c3ccccn3)c2c1. The molecule has 0 bridgehead atoms. The van der Waals surface area contributed by atoms with Crippen LogP contribution in [-0.4, -0.2) is 48.4 Å². The molecule has 5 aromatic heterocycles. The standard InChI is InChI=1S/C45H32N8O2/c1-51(2)44-40(54-30-17-19-34-32-11-3-5-13-36(32)52(38(34)27-30)42-15-7-9-21-46-42)25-29(45-48-23-24-49-50-45)26-41(44)55-31-18-20-35-33-12-4-6-14-37(33)53(39(35)28-31)43-16-8-10-22-47-43/h3-28H,1-2H3. The molecule has 0 saturated carbocycles. The normalized spacial score (nSPS) is 11.5. The third-order valence-corrected chi connectivity index (χ3v) is 9.73. The van der Waals surface area contributed by atoms with Crippen LogP contribution in [0.1, 0.15) is 0 Å². The lowest BCUT2D eigenvalue weighted by Crippen LogP contribution is -2.12. The molecule has 0 aliphatic carbocycles. The van der Waals surface area contributed by atoms with E-state index in [9.17, 15) is 0 Å². The van der Waals surface area contributed by atoms with Crippen molar-refractivity contribution in [1.29, 1.82) is 0 Å². The van der Waals surface area contributed by atoms with Crippen molar-refractivity contribution in [2.45, 2.75) is 0 Å². The number of para-hydroxylation sites is 2. The van der Waals surface area contributed by atoms with E-state index in [4.69, 9.17) is 19.4 Å². The van der Waals surface area contributed by atoms with Gasteiger partial charge in [0.2, 0.25) is 0 Å². The second-order valence-corrected chi connectivity index (χ2v) is 13.3. The zero-order chi connectivity index (χ0) is 36.9. The maximum Gasteiger partial charge on any atom is 0.181 e. The van der Waals surface area contributed by atoms with E-state index in [1.807, 2.05) is 104 Å². The van der Waals surface area contributed by atoms with Gasteiger partial charge in [-0.25, -0.2) is 15.0 Å². The first-order valence-corrected chi connectivity index (χ1v) is 17.8. The van der Waals surface area contributed by atoms with Gasteiger partial charge in [-0.1, -0.05) is 48.5 Å². The molecule has 55 heavy (non-hydrogen) atoms. The number of fused-ring (bicyclic) bond motifs is 6. The first-order chi connectivity index (χ1) is 27.1. The molecular weight excluding hydrogens is 685 g/mol. The molecule has 0 radical (unpaired) electrons. The van der Waals surface area contributed by atoms with E-state index in [1.165, 1.54) is 0 Å². The monoisotopic (exact) mass is 716 g/mol. The fourth-order valence-electron chi connectivity index (χ4n) is 7.43. The van der Waals surface area contributed by atoms with Crippen molar-refractivity contribution in [3.63, 3.8) is 0 Å². The number of hydrogen-bond donors (Lipinski definition) is 0. The Hall–Kier alpha value is -7.59. The van der Waals surface area contributed by atoms with E-state index in [0.29, 0.717) is 34.4 Å². The molecule has 0 saturated heterocycles. The average molecular weight is 717 g/mol. The molecule has 10 aromatic rings. The van der Waals surface area contributed by atoms with Crippen LogP contribution in [0.4, 0.5) is 5.69 Å². The van der Waals surface area contributed by atoms with E-state index in [-0.39, 0.29) is 0 Å². The molecule has 0 atom stereocenters. The Balaban J connectivity index is 1.13. The third kappa shape index (κ3) is 5.55. The quantitative estimate of drug-likeness (QED) is 0.153. The molecular formula is C45H32N8O2. The van der Waals surface area contributed by atoms with Gasteiger partial charge in [0.25, 0.3) is 0 Å². The summed E-state index contributed by atoms with van der Waals surface area (Å²) in [6.45, 7) is 0. The first-order valence-electron chi connectivity index (χ1n) is 17.8. The van der Waals surface area contributed by atoms with Crippen LogP contribution in [0, 0.1) is 0 Å². The van der Waals surface area contributed by atoms with E-state index in [0.717, 1.165) is 60.9 Å². The molecule has 10 nitrogen and oxygen atoms in total. The highest BCUT2D eigenvalue weighted by Crippen LogP contribution is 2.46. The number of aromatic nitrogens is 7. The highest BCUT2D eigenvalue weighted by atomic mass is 16.5. The highest BCUT2D eigenvalue weighted by molar-refractivity contribution is 6.10. The minimum Gasteiger partial charge on any atom is -0.455 e. The molecule has 10 heteroatoms. The van der Waals surface area contributed by atoms with Gasteiger partial charge in [0.05, 0.1) is 28.3 Å². The third-order valence-electron chi connectivity index (χ3n) is 9.73. The van der Waals surface area contributed by atoms with E-state index in [1.54, 1.807) is 12.4 Å². The molecule has 10 rings (SSSR count). The minimum absolute atomic E-state index is 0.443. The van der Waals surface area contributed by atoms with E-state index >= 15 is 0 Å². The summed E-state index contributed by atoms with van der Waals surface area (Å²) in [7, 11) is 3.94. The Morgan fingerprint density at radius 2 is 0.982 bits per heavy atom. The largest absolute Gasteiger partial charge is 0.455 e. The van der Waals surface area contributed by atoms with Crippen LogP contribution in [-0.2, 0) is 0 Å². The van der Waals surface area contributed by atoms with Gasteiger partial charge in [-0.15, -0.1) is 5.10 Å². The number of pyridine rings is 2. The maximum atomic E-state index is 6.85. The lowest BCUT2D eigenvalue weighted by atomic mass is 10.1. The Bertz CT molecular complexity index is 2840. The Morgan fingerprint density at radius 3 is 1.45 bits per heavy atom. The van der Waals surface area contributed by atoms with Gasteiger partial charge < -0.3 is 14.4 Å². The lowest BCUT2D eigenvalue weighted by molar-refractivity contribution is 0.462. The van der Waals surface area contributed by atoms with Crippen molar-refractivity contribution in [1.82, 2.24) is 34.3 Å². The van der Waals surface area contributed by atoms with Crippen molar-refractivity contribution in [2.24, 2.45) is 0 Å². The Kier molecular flexibility index (Phi) is 7.65. The fraction of sp³-hybridized carbons (Fsp3) is 0.0444. The van der Waals surface area contributed by atoms with Gasteiger partial charge in [-0.05, 0) is 72.8 Å². The highest BCUT2D eigenvalue weighted by Gasteiger charge is 2.22. The molecule has 0 amide bonds. The molecule has 0 aliphatic rings. The van der Waals surface area contributed by atoms with Gasteiger partial charge >= 0.3 is 0 Å². The molecule has 0 unspecified atom stereocenters. The second-order valence-electron chi connectivity index (χ2n) is 13.3. The zero-order valence-electron chi connectivity index (χ0n) is 29.9. The van der Waals surface area contributed by atoms with Crippen molar-refractivity contribution < 1.29 is 9.47 Å². The van der Waals surface area contributed by atoms with Crippen LogP contribution in [0.5, 0.6) is 23.0 Å². The lowest BCUT2D eigenvalue weighted by Gasteiger charge is -2.23. The van der Waals surface area contributed by atoms with Crippen molar-refractivity contribution in [3.8, 4) is 46.0 Å². The summed E-state index contributed by atoms with van der Waals surface area (Å²) in [4.78, 5) is 15.9. The molecule has 0 aliphatic heterocycles. The topological polar surface area (TPSA) is 96.0 Å². The van der Waals surface area contributed by atoms with Crippen molar-refractivity contribution >= 4 is 49.3 Å². The molecule has 5 aromatic carbocycles. The van der Waals surface area contributed by atoms with E-state index < -0.39 is 0 Å². The summed E-state index contributed by atoms with van der Waals surface area (Å²) < 4.78 is 18.0. The average Bonchev–Trinajstić information content (AvgIpc) is 3.73. The zero-order valence-corrected chi connectivity index (χ0v) is 29.9. The predicted molar refractivity (Wildman–Crippen MR) is 217 cm³/mol. The van der Waals surface area contributed by atoms with Gasteiger partial charge in [0.1, 0.15) is 28.8 Å². The summed E-state index contributed by atoms with van der Waals surface area (Å²) in [5.74, 6) is 4.51. The molecule has 264 valence electrons. The molecule has 5 heterocycles. The minimum atomic E-state index is 0.443. The maximum absolute atomic E-state index is 6.85.